The monoisotopic (exact) mass is 232 g/mol. The molecule has 0 spiro atoms. The summed E-state index contributed by atoms with van der Waals surface area (Å²) in [6.45, 7) is 6.18. The van der Waals surface area contributed by atoms with E-state index in [0.717, 1.165) is 10.2 Å². The molecule has 0 amide bonds. The van der Waals surface area contributed by atoms with Crippen molar-refractivity contribution in [2.24, 2.45) is 0 Å². The van der Waals surface area contributed by atoms with Gasteiger partial charge in [0.2, 0.25) is 0 Å². The van der Waals surface area contributed by atoms with Gasteiger partial charge in [-0.1, -0.05) is 20.8 Å². The number of aliphatic hydroxyl groups is 1. The quantitative estimate of drug-likeness (QED) is 0.804. The van der Waals surface area contributed by atoms with E-state index in [4.69, 9.17) is 5.11 Å². The van der Waals surface area contributed by atoms with Crippen molar-refractivity contribution in [3.63, 3.8) is 0 Å². The van der Waals surface area contributed by atoms with Crippen LogP contribution < -0.4 is 0 Å². The van der Waals surface area contributed by atoms with Crippen LogP contribution in [-0.4, -0.2) is 14.9 Å². The second kappa shape index (κ2) is 3.18. The number of aromatic nitrogens is 2. The van der Waals surface area contributed by atoms with E-state index in [0.29, 0.717) is 0 Å². The van der Waals surface area contributed by atoms with Crippen molar-refractivity contribution in [2.45, 2.75) is 32.9 Å². The Morgan fingerprint density at radius 1 is 1.58 bits per heavy atom. The van der Waals surface area contributed by atoms with E-state index in [2.05, 4.69) is 41.8 Å². The lowest BCUT2D eigenvalue weighted by molar-refractivity contribution is 0.186. The standard InChI is InChI=1S/C8H13BrN2O/c1-8(2,3)7-6(9)4-10-11(7)5-12/h4,12H,5H2,1-3H3. The lowest BCUT2D eigenvalue weighted by Crippen LogP contribution is -2.19. The molecule has 0 atom stereocenters. The molecule has 1 heterocycles. The number of hydrogen-bond acceptors (Lipinski definition) is 2. The third-order valence-corrected chi connectivity index (χ3v) is 2.22. The Morgan fingerprint density at radius 2 is 2.17 bits per heavy atom. The average molecular weight is 233 g/mol. The normalized spacial score (nSPS) is 12.1. The fourth-order valence-electron chi connectivity index (χ4n) is 1.22. The molecule has 0 aromatic carbocycles. The summed E-state index contributed by atoms with van der Waals surface area (Å²) in [6.07, 6.45) is 1.71. The molecule has 0 radical (unpaired) electrons. The van der Waals surface area contributed by atoms with Crippen LogP contribution in [0.5, 0.6) is 0 Å². The zero-order chi connectivity index (χ0) is 9.35. The highest BCUT2D eigenvalue weighted by Crippen LogP contribution is 2.28. The van der Waals surface area contributed by atoms with Crippen LogP contribution in [0.4, 0.5) is 0 Å². The van der Waals surface area contributed by atoms with E-state index >= 15 is 0 Å². The predicted octanol–water partition coefficient (Wildman–Crippen LogP) is 1.89. The lowest BCUT2D eigenvalue weighted by Gasteiger charge is -2.20. The van der Waals surface area contributed by atoms with Crippen molar-refractivity contribution >= 4 is 15.9 Å². The van der Waals surface area contributed by atoms with Crippen LogP contribution in [0.25, 0.3) is 0 Å². The number of halogens is 1. The highest BCUT2D eigenvalue weighted by atomic mass is 79.9. The topological polar surface area (TPSA) is 38.0 Å². The third kappa shape index (κ3) is 1.69. The Morgan fingerprint density at radius 3 is 2.50 bits per heavy atom. The van der Waals surface area contributed by atoms with Gasteiger partial charge in [0.25, 0.3) is 0 Å². The van der Waals surface area contributed by atoms with Crippen molar-refractivity contribution in [1.29, 1.82) is 0 Å². The predicted molar refractivity (Wildman–Crippen MR) is 50.8 cm³/mol. The van der Waals surface area contributed by atoms with Gasteiger partial charge in [-0.2, -0.15) is 5.10 Å². The first-order valence-corrected chi connectivity index (χ1v) is 4.58. The van der Waals surface area contributed by atoms with Gasteiger partial charge in [-0.05, 0) is 15.9 Å². The van der Waals surface area contributed by atoms with Gasteiger partial charge in [0, 0.05) is 5.41 Å². The maximum atomic E-state index is 8.97. The number of hydrogen-bond donors (Lipinski definition) is 1. The average Bonchev–Trinajstić information content (AvgIpc) is 2.29. The van der Waals surface area contributed by atoms with E-state index < -0.39 is 0 Å². The van der Waals surface area contributed by atoms with Gasteiger partial charge in [-0.25, -0.2) is 4.68 Å². The molecule has 4 heteroatoms. The molecule has 68 valence electrons. The molecule has 1 N–H and O–H groups in total. The smallest absolute Gasteiger partial charge is 0.136 e. The summed E-state index contributed by atoms with van der Waals surface area (Å²) in [5.41, 5.74) is 1.02. The molecule has 0 aliphatic carbocycles. The highest BCUT2D eigenvalue weighted by Gasteiger charge is 2.22. The van der Waals surface area contributed by atoms with Crippen molar-refractivity contribution in [3.05, 3.63) is 16.4 Å². The number of rotatable bonds is 1. The summed E-state index contributed by atoms with van der Waals surface area (Å²) in [6, 6.07) is 0. The minimum atomic E-state index is -0.0712. The summed E-state index contributed by atoms with van der Waals surface area (Å²) in [7, 11) is 0. The Kier molecular flexibility index (Phi) is 2.58. The molecule has 0 aliphatic heterocycles. The van der Waals surface area contributed by atoms with Crippen LogP contribution in [0, 0.1) is 0 Å². The van der Waals surface area contributed by atoms with Gasteiger partial charge in [-0.3, -0.25) is 0 Å². The first kappa shape index (κ1) is 9.74. The zero-order valence-corrected chi connectivity index (χ0v) is 9.09. The van der Waals surface area contributed by atoms with Crippen molar-refractivity contribution < 1.29 is 5.11 Å². The summed E-state index contributed by atoms with van der Waals surface area (Å²) in [5.74, 6) is 0. The Bertz CT molecular complexity index is 275. The Labute approximate surface area is 80.5 Å². The van der Waals surface area contributed by atoms with Crippen LogP contribution in [0.15, 0.2) is 10.7 Å². The van der Waals surface area contributed by atoms with Gasteiger partial charge >= 0.3 is 0 Å². The van der Waals surface area contributed by atoms with E-state index in [1.54, 1.807) is 10.9 Å². The molecular weight excluding hydrogens is 220 g/mol. The molecular formula is C8H13BrN2O. The van der Waals surface area contributed by atoms with Gasteiger partial charge in [-0.15, -0.1) is 0 Å². The van der Waals surface area contributed by atoms with Crippen molar-refractivity contribution in [1.82, 2.24) is 9.78 Å². The van der Waals surface area contributed by atoms with Gasteiger partial charge in [0.15, 0.2) is 0 Å². The van der Waals surface area contributed by atoms with E-state index in [-0.39, 0.29) is 12.1 Å². The first-order valence-electron chi connectivity index (χ1n) is 3.79. The molecule has 0 bridgehead atoms. The van der Waals surface area contributed by atoms with Crippen LogP contribution >= 0.6 is 15.9 Å². The molecule has 1 aromatic rings. The molecule has 0 saturated heterocycles. The Hall–Kier alpha value is -0.350. The third-order valence-electron chi connectivity index (χ3n) is 1.64. The van der Waals surface area contributed by atoms with Gasteiger partial charge < -0.3 is 5.11 Å². The van der Waals surface area contributed by atoms with Crippen molar-refractivity contribution in [3.8, 4) is 0 Å². The SMILES string of the molecule is CC(C)(C)c1c(Br)cnn1CO. The van der Waals surface area contributed by atoms with E-state index in [1.165, 1.54) is 0 Å². The fourth-order valence-corrected chi connectivity index (χ4v) is 2.11. The van der Waals surface area contributed by atoms with Crippen LogP contribution in [0.3, 0.4) is 0 Å². The minimum absolute atomic E-state index is 0.00192. The van der Waals surface area contributed by atoms with E-state index in [1.807, 2.05) is 0 Å². The van der Waals surface area contributed by atoms with E-state index in [9.17, 15) is 0 Å². The second-order valence-electron chi connectivity index (χ2n) is 3.73. The number of aliphatic hydroxyl groups excluding tert-OH is 1. The minimum Gasteiger partial charge on any atom is -0.374 e. The highest BCUT2D eigenvalue weighted by molar-refractivity contribution is 9.10. The van der Waals surface area contributed by atoms with Gasteiger partial charge in [0.05, 0.1) is 16.4 Å². The number of nitrogens with zero attached hydrogens (tertiary/aromatic N) is 2. The molecule has 0 aliphatic rings. The molecule has 1 rings (SSSR count). The summed E-state index contributed by atoms with van der Waals surface area (Å²) < 4.78 is 2.54. The molecule has 0 saturated carbocycles. The summed E-state index contributed by atoms with van der Waals surface area (Å²) in [5, 5.41) is 13.0. The molecule has 3 nitrogen and oxygen atoms in total. The maximum absolute atomic E-state index is 8.97. The maximum Gasteiger partial charge on any atom is 0.136 e. The summed E-state index contributed by atoms with van der Waals surface area (Å²) >= 11 is 3.40. The Balaban J connectivity index is 3.19. The molecule has 1 aromatic heterocycles. The summed E-state index contributed by atoms with van der Waals surface area (Å²) in [4.78, 5) is 0. The zero-order valence-electron chi connectivity index (χ0n) is 7.50. The molecule has 0 fully saturated rings. The van der Waals surface area contributed by atoms with Crippen molar-refractivity contribution in [2.75, 3.05) is 0 Å². The van der Waals surface area contributed by atoms with Gasteiger partial charge in [0.1, 0.15) is 6.73 Å². The van der Waals surface area contributed by atoms with Crippen LogP contribution in [0.1, 0.15) is 26.5 Å². The lowest BCUT2D eigenvalue weighted by atomic mass is 9.92. The molecule has 0 unspecified atom stereocenters. The fraction of sp³-hybridized carbons (Fsp3) is 0.625. The molecule has 12 heavy (non-hydrogen) atoms. The van der Waals surface area contributed by atoms with Crippen LogP contribution in [-0.2, 0) is 12.1 Å². The first-order chi connectivity index (χ1) is 5.46. The van der Waals surface area contributed by atoms with Crippen LogP contribution in [0.2, 0.25) is 0 Å². The second-order valence-corrected chi connectivity index (χ2v) is 4.59. The largest absolute Gasteiger partial charge is 0.374 e.